The van der Waals surface area contributed by atoms with E-state index in [-0.39, 0.29) is 5.71 Å². The SMILES string of the molecule is CCC(=[N+]=[N-])C(=O)OC(C)(C)c1ccccc1. The van der Waals surface area contributed by atoms with Gasteiger partial charge in [0.05, 0.1) is 6.42 Å². The maximum Gasteiger partial charge on any atom is 0.417 e. The normalized spacial score (nSPS) is 10.5. The fraction of sp³-hybridized carbons (Fsp3) is 0.385. The van der Waals surface area contributed by atoms with Crippen LogP contribution < -0.4 is 0 Å². The molecule has 17 heavy (non-hydrogen) atoms. The lowest BCUT2D eigenvalue weighted by Crippen LogP contribution is -2.30. The average Bonchev–Trinajstić information content (AvgIpc) is 2.31. The molecule has 0 aromatic heterocycles. The Balaban J connectivity index is 2.88. The number of rotatable bonds is 4. The summed E-state index contributed by atoms with van der Waals surface area (Å²) in [5.41, 5.74) is 8.82. The van der Waals surface area contributed by atoms with Crippen LogP contribution >= 0.6 is 0 Å². The van der Waals surface area contributed by atoms with E-state index in [9.17, 15) is 4.79 Å². The van der Waals surface area contributed by atoms with E-state index in [2.05, 4.69) is 4.79 Å². The lowest BCUT2D eigenvalue weighted by atomic mass is 9.98. The quantitative estimate of drug-likeness (QED) is 0.346. The number of hydrogen-bond donors (Lipinski definition) is 0. The van der Waals surface area contributed by atoms with Crippen LogP contribution in [-0.4, -0.2) is 16.5 Å². The van der Waals surface area contributed by atoms with Gasteiger partial charge in [-0.15, -0.1) is 0 Å². The molecule has 1 aromatic carbocycles. The summed E-state index contributed by atoms with van der Waals surface area (Å²) in [6.07, 6.45) is 0.334. The average molecular weight is 232 g/mol. The van der Waals surface area contributed by atoms with Crippen molar-refractivity contribution in [2.45, 2.75) is 32.8 Å². The van der Waals surface area contributed by atoms with Crippen molar-refractivity contribution >= 4 is 11.7 Å². The van der Waals surface area contributed by atoms with Gasteiger partial charge in [-0.3, -0.25) is 0 Å². The van der Waals surface area contributed by atoms with Gasteiger partial charge in [0.15, 0.2) is 0 Å². The minimum Gasteiger partial charge on any atom is -0.446 e. The van der Waals surface area contributed by atoms with Crippen molar-refractivity contribution in [3.63, 3.8) is 0 Å². The zero-order valence-corrected chi connectivity index (χ0v) is 10.3. The van der Waals surface area contributed by atoms with Crippen LogP contribution in [0.1, 0.15) is 32.8 Å². The van der Waals surface area contributed by atoms with Crippen molar-refractivity contribution in [1.29, 1.82) is 0 Å². The van der Waals surface area contributed by atoms with Crippen molar-refractivity contribution in [2.75, 3.05) is 0 Å². The Morgan fingerprint density at radius 3 is 2.41 bits per heavy atom. The molecule has 0 bridgehead atoms. The number of nitrogens with zero attached hydrogens (tertiary/aromatic N) is 2. The minimum absolute atomic E-state index is 0.0222. The second-order valence-corrected chi connectivity index (χ2v) is 4.17. The largest absolute Gasteiger partial charge is 0.446 e. The van der Waals surface area contributed by atoms with Gasteiger partial charge in [-0.1, -0.05) is 37.3 Å². The minimum atomic E-state index is -0.747. The standard InChI is InChI=1S/C13H16N2O2/c1-4-11(15-14)12(16)17-13(2,3)10-8-6-5-7-9-10/h5-9H,4H2,1-3H3. The zero-order valence-electron chi connectivity index (χ0n) is 10.3. The van der Waals surface area contributed by atoms with Gasteiger partial charge in [0.2, 0.25) is 0 Å². The van der Waals surface area contributed by atoms with Crippen molar-refractivity contribution in [3.05, 3.63) is 41.4 Å². The zero-order chi connectivity index (χ0) is 12.9. The topological polar surface area (TPSA) is 62.7 Å². The van der Waals surface area contributed by atoms with Gasteiger partial charge in [0, 0.05) is 0 Å². The second-order valence-electron chi connectivity index (χ2n) is 4.17. The molecule has 0 saturated heterocycles. The fourth-order valence-corrected chi connectivity index (χ4v) is 1.44. The first-order valence-electron chi connectivity index (χ1n) is 5.51. The van der Waals surface area contributed by atoms with Crippen LogP contribution in [0.5, 0.6) is 0 Å². The van der Waals surface area contributed by atoms with Crippen molar-refractivity contribution in [2.24, 2.45) is 0 Å². The molecule has 0 radical (unpaired) electrons. The van der Waals surface area contributed by atoms with Gasteiger partial charge in [0.1, 0.15) is 5.60 Å². The molecule has 0 heterocycles. The van der Waals surface area contributed by atoms with E-state index in [0.29, 0.717) is 6.42 Å². The highest BCUT2D eigenvalue weighted by molar-refractivity contribution is 6.33. The highest BCUT2D eigenvalue weighted by Gasteiger charge is 2.30. The molecular weight excluding hydrogens is 216 g/mol. The van der Waals surface area contributed by atoms with Crippen LogP contribution in [0.25, 0.3) is 5.53 Å². The molecule has 0 aliphatic heterocycles. The van der Waals surface area contributed by atoms with Gasteiger partial charge in [0.25, 0.3) is 0 Å². The summed E-state index contributed by atoms with van der Waals surface area (Å²) in [7, 11) is 0. The predicted octanol–water partition coefficient (Wildman–Crippen LogP) is 2.55. The number of carbonyl (C=O) groups excluding carboxylic acids is 1. The lowest BCUT2D eigenvalue weighted by molar-refractivity contribution is -0.153. The molecule has 0 N–H and O–H groups in total. The van der Waals surface area contributed by atoms with Crippen LogP contribution in [0.15, 0.2) is 30.3 Å². The molecule has 4 nitrogen and oxygen atoms in total. The van der Waals surface area contributed by atoms with Crippen LogP contribution in [0.4, 0.5) is 0 Å². The highest BCUT2D eigenvalue weighted by atomic mass is 16.6. The molecule has 90 valence electrons. The van der Waals surface area contributed by atoms with E-state index < -0.39 is 11.6 Å². The van der Waals surface area contributed by atoms with E-state index in [0.717, 1.165) is 5.56 Å². The van der Waals surface area contributed by atoms with Gasteiger partial charge in [-0.25, -0.2) is 4.79 Å². The van der Waals surface area contributed by atoms with Crippen LogP contribution in [0.2, 0.25) is 0 Å². The van der Waals surface area contributed by atoms with E-state index in [1.165, 1.54) is 0 Å². The smallest absolute Gasteiger partial charge is 0.417 e. The van der Waals surface area contributed by atoms with Crippen molar-refractivity contribution in [1.82, 2.24) is 0 Å². The molecule has 4 heteroatoms. The Labute approximate surface area is 101 Å². The van der Waals surface area contributed by atoms with Gasteiger partial charge >= 0.3 is 11.7 Å². The molecule has 0 fully saturated rings. The molecule has 1 aromatic rings. The number of carbonyl (C=O) groups is 1. The fourth-order valence-electron chi connectivity index (χ4n) is 1.44. The molecule has 0 amide bonds. The Morgan fingerprint density at radius 1 is 1.35 bits per heavy atom. The Morgan fingerprint density at radius 2 is 1.94 bits per heavy atom. The van der Waals surface area contributed by atoms with Crippen molar-refractivity contribution in [3.8, 4) is 0 Å². The lowest BCUT2D eigenvalue weighted by Gasteiger charge is -2.24. The number of esters is 1. The van der Waals surface area contributed by atoms with Gasteiger partial charge in [-0.05, 0) is 19.4 Å². The number of benzene rings is 1. The molecular formula is C13H16N2O2. The third kappa shape index (κ3) is 3.26. The Bertz CT molecular complexity index is 446. The first kappa shape index (κ1) is 13.1. The predicted molar refractivity (Wildman–Crippen MR) is 64.5 cm³/mol. The first-order valence-corrected chi connectivity index (χ1v) is 5.51. The van der Waals surface area contributed by atoms with E-state index in [1.54, 1.807) is 20.8 Å². The summed E-state index contributed by atoms with van der Waals surface area (Å²) in [4.78, 5) is 14.6. The van der Waals surface area contributed by atoms with Crippen molar-refractivity contribution < 1.29 is 14.3 Å². The van der Waals surface area contributed by atoms with E-state index in [4.69, 9.17) is 10.3 Å². The monoisotopic (exact) mass is 232 g/mol. The molecule has 0 atom stereocenters. The summed E-state index contributed by atoms with van der Waals surface area (Å²) in [6.45, 7) is 5.32. The Hall–Kier alpha value is -1.93. The maximum absolute atomic E-state index is 11.7. The van der Waals surface area contributed by atoms with Crippen LogP contribution in [0.3, 0.4) is 0 Å². The Kier molecular flexibility index (Phi) is 4.18. The molecule has 0 aliphatic carbocycles. The maximum atomic E-state index is 11.7. The summed E-state index contributed by atoms with van der Waals surface area (Å²) in [5.74, 6) is -0.594. The van der Waals surface area contributed by atoms with E-state index >= 15 is 0 Å². The van der Waals surface area contributed by atoms with Crippen LogP contribution in [0, 0.1) is 0 Å². The second kappa shape index (κ2) is 5.41. The molecule has 0 aliphatic rings. The third-order valence-electron chi connectivity index (χ3n) is 2.51. The van der Waals surface area contributed by atoms with Gasteiger partial charge in [-0.2, -0.15) is 4.79 Å². The van der Waals surface area contributed by atoms with Crippen LogP contribution in [-0.2, 0) is 15.1 Å². The van der Waals surface area contributed by atoms with E-state index in [1.807, 2.05) is 30.3 Å². The van der Waals surface area contributed by atoms with Gasteiger partial charge < -0.3 is 10.3 Å². The molecule has 0 unspecified atom stereocenters. The third-order valence-corrected chi connectivity index (χ3v) is 2.51. The first-order chi connectivity index (χ1) is 8.01. The summed E-state index contributed by atoms with van der Waals surface area (Å²) >= 11 is 0. The molecule has 1 rings (SSSR count). The summed E-state index contributed by atoms with van der Waals surface area (Å²) in [6, 6.07) is 9.43. The molecule has 0 spiro atoms. The number of ether oxygens (including phenoxy) is 1. The molecule has 0 saturated carbocycles. The summed E-state index contributed by atoms with van der Waals surface area (Å²) < 4.78 is 5.34. The number of hydrogen-bond acceptors (Lipinski definition) is 2. The highest BCUT2D eigenvalue weighted by Crippen LogP contribution is 2.24. The summed E-state index contributed by atoms with van der Waals surface area (Å²) in [5, 5.41) is 0.